The molecular weight excluding hydrogens is 316 g/mol. The molecule has 0 amide bonds. The monoisotopic (exact) mass is 328 g/mol. The fourth-order valence-electron chi connectivity index (χ4n) is 2.30. The number of benzene rings is 1. The van der Waals surface area contributed by atoms with E-state index in [0.717, 1.165) is 16.1 Å². The highest BCUT2D eigenvalue weighted by atomic mass is 32.2. The zero-order chi connectivity index (χ0) is 14.9. The summed E-state index contributed by atoms with van der Waals surface area (Å²) in [5, 5.41) is 14.5. The SMILES string of the molecule is CSc1nnc2c(n1)OC(c1cccs1)Nc1ccccc1-2. The minimum Gasteiger partial charge on any atom is -0.447 e. The normalized spacial score (nSPS) is 16.0. The summed E-state index contributed by atoms with van der Waals surface area (Å²) in [5.74, 6) is 0.509. The van der Waals surface area contributed by atoms with Gasteiger partial charge in [-0.3, -0.25) is 0 Å². The van der Waals surface area contributed by atoms with Gasteiger partial charge in [-0.2, -0.15) is 4.98 Å². The molecule has 1 aliphatic rings. The summed E-state index contributed by atoms with van der Waals surface area (Å²) in [6.45, 7) is 0. The number of rotatable bonds is 2. The van der Waals surface area contributed by atoms with Gasteiger partial charge in [-0.15, -0.1) is 21.5 Å². The standard InChI is InChI=1S/C15H12N4OS2/c1-21-15-17-14-12(18-19-15)9-5-2-3-6-10(9)16-13(20-14)11-7-4-8-22-11/h2-8,13,16H,1H3. The van der Waals surface area contributed by atoms with Crippen molar-refractivity contribution in [2.45, 2.75) is 11.4 Å². The van der Waals surface area contributed by atoms with Crippen molar-refractivity contribution in [3.05, 3.63) is 46.7 Å². The lowest BCUT2D eigenvalue weighted by Gasteiger charge is -2.17. The molecule has 5 nitrogen and oxygen atoms in total. The molecule has 0 radical (unpaired) electrons. The van der Waals surface area contributed by atoms with Crippen LogP contribution in [0.3, 0.4) is 0 Å². The Balaban J connectivity index is 1.88. The molecule has 0 fully saturated rings. The molecule has 110 valence electrons. The van der Waals surface area contributed by atoms with Crippen LogP contribution in [0.2, 0.25) is 0 Å². The number of nitrogens with zero attached hydrogens (tertiary/aromatic N) is 3. The van der Waals surface area contributed by atoms with E-state index in [1.807, 2.05) is 48.0 Å². The quantitative estimate of drug-likeness (QED) is 0.722. The average Bonchev–Trinajstić information content (AvgIpc) is 3.04. The van der Waals surface area contributed by atoms with Gasteiger partial charge in [-0.1, -0.05) is 36.0 Å². The number of para-hydroxylation sites is 1. The maximum Gasteiger partial charge on any atom is 0.247 e. The summed E-state index contributed by atoms with van der Waals surface area (Å²) in [7, 11) is 0. The Morgan fingerprint density at radius 1 is 1.18 bits per heavy atom. The topological polar surface area (TPSA) is 59.9 Å². The number of thiophene rings is 1. The number of aromatic nitrogens is 3. The highest BCUT2D eigenvalue weighted by molar-refractivity contribution is 7.98. The molecule has 22 heavy (non-hydrogen) atoms. The van der Waals surface area contributed by atoms with Crippen molar-refractivity contribution in [1.29, 1.82) is 0 Å². The number of hydrogen-bond donors (Lipinski definition) is 1. The Morgan fingerprint density at radius 2 is 2.09 bits per heavy atom. The van der Waals surface area contributed by atoms with E-state index in [4.69, 9.17) is 4.74 Å². The third-order valence-corrected chi connectivity index (χ3v) is 4.77. The lowest BCUT2D eigenvalue weighted by Crippen LogP contribution is -2.15. The van der Waals surface area contributed by atoms with Gasteiger partial charge in [0, 0.05) is 11.3 Å². The second-order valence-corrected chi connectivity index (χ2v) is 6.41. The molecule has 1 atom stereocenters. The lowest BCUT2D eigenvalue weighted by atomic mass is 10.1. The number of ether oxygens (including phenoxy) is 1. The Morgan fingerprint density at radius 3 is 2.91 bits per heavy atom. The number of hydrogen-bond acceptors (Lipinski definition) is 7. The molecule has 4 rings (SSSR count). The summed E-state index contributed by atoms with van der Waals surface area (Å²) in [6.07, 6.45) is 1.64. The minimum atomic E-state index is -0.284. The number of anilines is 1. The first-order chi connectivity index (χ1) is 10.8. The molecule has 0 spiro atoms. The predicted molar refractivity (Wildman–Crippen MR) is 88.4 cm³/mol. The van der Waals surface area contributed by atoms with Crippen molar-refractivity contribution < 1.29 is 4.74 Å². The largest absolute Gasteiger partial charge is 0.447 e. The van der Waals surface area contributed by atoms with Gasteiger partial charge in [0.25, 0.3) is 0 Å². The molecule has 1 unspecified atom stereocenters. The van der Waals surface area contributed by atoms with E-state index in [2.05, 4.69) is 20.5 Å². The highest BCUT2D eigenvalue weighted by Crippen LogP contribution is 2.39. The zero-order valence-electron chi connectivity index (χ0n) is 11.7. The highest BCUT2D eigenvalue weighted by Gasteiger charge is 2.26. The van der Waals surface area contributed by atoms with Gasteiger partial charge in [0.1, 0.15) is 0 Å². The molecule has 1 N–H and O–H groups in total. The molecule has 3 aromatic rings. The predicted octanol–water partition coefficient (Wildman–Crippen LogP) is 3.83. The van der Waals surface area contributed by atoms with Crippen LogP contribution >= 0.6 is 23.1 Å². The van der Waals surface area contributed by atoms with E-state index < -0.39 is 0 Å². The first kappa shape index (κ1) is 13.5. The van der Waals surface area contributed by atoms with Gasteiger partial charge >= 0.3 is 0 Å². The van der Waals surface area contributed by atoms with Crippen molar-refractivity contribution in [2.24, 2.45) is 0 Å². The molecule has 0 aliphatic carbocycles. The minimum absolute atomic E-state index is 0.284. The van der Waals surface area contributed by atoms with E-state index in [-0.39, 0.29) is 6.23 Å². The van der Waals surface area contributed by atoms with Gasteiger partial charge in [0.05, 0.1) is 4.88 Å². The van der Waals surface area contributed by atoms with Gasteiger partial charge in [-0.25, -0.2) is 0 Å². The summed E-state index contributed by atoms with van der Waals surface area (Å²) < 4.78 is 6.10. The van der Waals surface area contributed by atoms with Gasteiger partial charge in [0.2, 0.25) is 17.3 Å². The Hall–Kier alpha value is -2.12. The summed E-state index contributed by atoms with van der Waals surface area (Å²) in [4.78, 5) is 5.57. The van der Waals surface area contributed by atoms with E-state index >= 15 is 0 Å². The number of thioether (sulfide) groups is 1. The lowest BCUT2D eigenvalue weighted by molar-refractivity contribution is 0.229. The van der Waals surface area contributed by atoms with Crippen LogP contribution in [0.15, 0.2) is 46.9 Å². The van der Waals surface area contributed by atoms with Crippen molar-refractivity contribution in [3.63, 3.8) is 0 Å². The molecule has 7 heteroatoms. The van der Waals surface area contributed by atoms with Crippen LogP contribution in [0, 0.1) is 0 Å². The average molecular weight is 328 g/mol. The third-order valence-electron chi connectivity index (χ3n) is 3.32. The maximum atomic E-state index is 6.10. The van der Waals surface area contributed by atoms with E-state index in [0.29, 0.717) is 16.7 Å². The fourth-order valence-corrected chi connectivity index (χ4v) is 3.30. The van der Waals surface area contributed by atoms with Crippen LogP contribution in [-0.4, -0.2) is 21.4 Å². The van der Waals surface area contributed by atoms with Gasteiger partial charge in [0.15, 0.2) is 5.69 Å². The molecule has 2 aromatic heterocycles. The summed E-state index contributed by atoms with van der Waals surface area (Å²) in [6, 6.07) is 12.0. The fraction of sp³-hybridized carbons (Fsp3) is 0.133. The molecular formula is C15H12N4OS2. The van der Waals surface area contributed by atoms with Crippen LogP contribution in [0.5, 0.6) is 5.88 Å². The first-order valence-corrected chi connectivity index (χ1v) is 8.80. The maximum absolute atomic E-state index is 6.10. The van der Waals surface area contributed by atoms with Gasteiger partial charge < -0.3 is 10.1 Å². The van der Waals surface area contributed by atoms with Crippen LogP contribution in [0.4, 0.5) is 5.69 Å². The molecule has 3 heterocycles. The van der Waals surface area contributed by atoms with Crippen LogP contribution in [-0.2, 0) is 0 Å². The van der Waals surface area contributed by atoms with E-state index in [1.54, 1.807) is 11.3 Å². The van der Waals surface area contributed by atoms with E-state index in [1.165, 1.54) is 11.8 Å². The Kier molecular flexibility index (Phi) is 3.44. The second-order valence-electron chi connectivity index (χ2n) is 4.66. The molecule has 0 saturated heterocycles. The number of fused-ring (bicyclic) bond motifs is 3. The molecule has 1 aliphatic heterocycles. The Bertz CT molecular complexity index is 807. The summed E-state index contributed by atoms with van der Waals surface area (Å²) in [5.41, 5.74) is 2.58. The van der Waals surface area contributed by atoms with Crippen LogP contribution in [0.1, 0.15) is 11.1 Å². The smallest absolute Gasteiger partial charge is 0.247 e. The van der Waals surface area contributed by atoms with Gasteiger partial charge in [-0.05, 0) is 23.8 Å². The van der Waals surface area contributed by atoms with Crippen LogP contribution < -0.4 is 10.1 Å². The second kappa shape index (κ2) is 5.58. The van der Waals surface area contributed by atoms with Crippen molar-refractivity contribution in [2.75, 3.05) is 11.6 Å². The third kappa shape index (κ3) is 2.32. The molecule has 0 bridgehead atoms. The first-order valence-electron chi connectivity index (χ1n) is 6.70. The summed E-state index contributed by atoms with van der Waals surface area (Å²) >= 11 is 3.09. The number of nitrogens with one attached hydrogen (secondary N) is 1. The molecule has 0 saturated carbocycles. The van der Waals surface area contributed by atoms with Crippen molar-refractivity contribution in [3.8, 4) is 17.1 Å². The van der Waals surface area contributed by atoms with E-state index in [9.17, 15) is 0 Å². The Labute approximate surface area is 135 Å². The van der Waals surface area contributed by atoms with Crippen molar-refractivity contribution in [1.82, 2.24) is 15.2 Å². The van der Waals surface area contributed by atoms with Crippen LogP contribution in [0.25, 0.3) is 11.3 Å². The van der Waals surface area contributed by atoms with Crippen molar-refractivity contribution >= 4 is 28.8 Å². The zero-order valence-corrected chi connectivity index (χ0v) is 13.3. The molecule has 1 aromatic carbocycles.